The number of hydrogen-bond donors (Lipinski definition) is 2. The van der Waals surface area contributed by atoms with Gasteiger partial charge in [0.25, 0.3) is 5.91 Å². The monoisotopic (exact) mass is 375 g/mol. The van der Waals surface area contributed by atoms with Gasteiger partial charge in [0.05, 0.1) is 17.4 Å². The number of nitrogens with one attached hydrogen (secondary N) is 1. The molecule has 1 amide bonds. The van der Waals surface area contributed by atoms with Crippen LogP contribution in [0.15, 0.2) is 18.2 Å². The molecule has 5 nitrogen and oxygen atoms in total. The van der Waals surface area contributed by atoms with E-state index in [2.05, 4.69) is 5.32 Å². The standard InChI is InChI=1S/C13H14INO4/c1-7-2-5-11(19-7)12(16)15-10-4-3-8(14)6-9(10)13(17)18/h3-4,6-7,11H,2,5H2,1H3,(H,15,16)(H,17,18). The van der Waals surface area contributed by atoms with Gasteiger partial charge in [-0.25, -0.2) is 4.79 Å². The van der Waals surface area contributed by atoms with Crippen molar-refractivity contribution in [2.45, 2.75) is 32.0 Å². The number of hydrogen-bond acceptors (Lipinski definition) is 3. The molecule has 1 aliphatic rings. The van der Waals surface area contributed by atoms with Crippen LogP contribution >= 0.6 is 22.6 Å². The third-order valence-corrected chi connectivity index (χ3v) is 3.67. The number of carboxylic acid groups (broad SMARTS) is 1. The van der Waals surface area contributed by atoms with Crippen molar-refractivity contribution in [3.05, 3.63) is 27.3 Å². The van der Waals surface area contributed by atoms with Crippen LogP contribution in [0, 0.1) is 3.57 Å². The van der Waals surface area contributed by atoms with Crippen LogP contribution in [0.25, 0.3) is 0 Å². The lowest BCUT2D eigenvalue weighted by Gasteiger charge is -2.13. The molecule has 0 saturated carbocycles. The predicted molar refractivity (Wildman–Crippen MR) is 78.3 cm³/mol. The van der Waals surface area contributed by atoms with Gasteiger partial charge in [-0.2, -0.15) is 0 Å². The fourth-order valence-electron chi connectivity index (χ4n) is 2.01. The minimum atomic E-state index is -1.06. The summed E-state index contributed by atoms with van der Waals surface area (Å²) in [7, 11) is 0. The normalized spacial score (nSPS) is 22.2. The number of ether oxygens (including phenoxy) is 1. The van der Waals surface area contributed by atoms with Crippen molar-refractivity contribution in [1.82, 2.24) is 0 Å². The summed E-state index contributed by atoms with van der Waals surface area (Å²) in [6, 6.07) is 4.87. The van der Waals surface area contributed by atoms with E-state index in [0.717, 1.165) is 9.99 Å². The van der Waals surface area contributed by atoms with E-state index in [1.54, 1.807) is 12.1 Å². The molecule has 2 rings (SSSR count). The van der Waals surface area contributed by atoms with Gasteiger partial charge in [0.15, 0.2) is 0 Å². The van der Waals surface area contributed by atoms with Crippen LogP contribution in [0.3, 0.4) is 0 Å². The number of aromatic carboxylic acids is 1. The lowest BCUT2D eigenvalue weighted by atomic mass is 10.1. The van der Waals surface area contributed by atoms with Crippen molar-refractivity contribution in [1.29, 1.82) is 0 Å². The van der Waals surface area contributed by atoms with Crippen LogP contribution < -0.4 is 5.32 Å². The summed E-state index contributed by atoms with van der Waals surface area (Å²) >= 11 is 2.03. The quantitative estimate of drug-likeness (QED) is 0.797. The zero-order chi connectivity index (χ0) is 14.0. The first-order chi connectivity index (χ1) is 8.97. The second-order valence-electron chi connectivity index (χ2n) is 4.50. The number of amides is 1. The summed E-state index contributed by atoms with van der Waals surface area (Å²) < 4.78 is 6.26. The first kappa shape index (κ1) is 14.3. The van der Waals surface area contributed by atoms with Crippen LogP contribution in [0.1, 0.15) is 30.1 Å². The van der Waals surface area contributed by atoms with Gasteiger partial charge in [0, 0.05) is 3.57 Å². The molecule has 1 fully saturated rings. The SMILES string of the molecule is CC1CCC(C(=O)Nc2ccc(I)cc2C(=O)O)O1. The Morgan fingerprint density at radius 3 is 2.74 bits per heavy atom. The Morgan fingerprint density at radius 1 is 1.42 bits per heavy atom. The molecule has 1 heterocycles. The van der Waals surface area contributed by atoms with E-state index in [0.29, 0.717) is 12.1 Å². The number of carbonyl (C=O) groups excluding carboxylic acids is 1. The van der Waals surface area contributed by atoms with E-state index in [9.17, 15) is 9.59 Å². The molecule has 1 aliphatic heterocycles. The fourth-order valence-corrected chi connectivity index (χ4v) is 2.50. The van der Waals surface area contributed by atoms with E-state index in [4.69, 9.17) is 9.84 Å². The second-order valence-corrected chi connectivity index (χ2v) is 5.74. The molecule has 0 aliphatic carbocycles. The Kier molecular flexibility index (Phi) is 4.41. The summed E-state index contributed by atoms with van der Waals surface area (Å²) in [6.07, 6.45) is 1.10. The van der Waals surface area contributed by atoms with E-state index in [1.165, 1.54) is 6.07 Å². The third-order valence-electron chi connectivity index (χ3n) is 2.99. The van der Waals surface area contributed by atoms with Crippen molar-refractivity contribution in [2.75, 3.05) is 5.32 Å². The van der Waals surface area contributed by atoms with Gasteiger partial charge in [-0.3, -0.25) is 4.79 Å². The molecule has 1 saturated heterocycles. The van der Waals surface area contributed by atoms with Gasteiger partial charge < -0.3 is 15.2 Å². The summed E-state index contributed by atoms with van der Waals surface area (Å²) in [5, 5.41) is 11.8. The number of rotatable bonds is 3. The highest BCUT2D eigenvalue weighted by Gasteiger charge is 2.28. The predicted octanol–water partition coefficient (Wildman–Crippen LogP) is 2.50. The Bertz CT molecular complexity index is 517. The summed E-state index contributed by atoms with van der Waals surface area (Å²) in [4.78, 5) is 23.1. The summed E-state index contributed by atoms with van der Waals surface area (Å²) in [5.74, 6) is -1.34. The molecule has 0 bridgehead atoms. The number of carboxylic acids is 1. The molecular formula is C13H14INO4. The van der Waals surface area contributed by atoms with Gasteiger partial charge in [-0.15, -0.1) is 0 Å². The zero-order valence-electron chi connectivity index (χ0n) is 10.4. The maximum Gasteiger partial charge on any atom is 0.337 e. The molecule has 2 unspecified atom stereocenters. The number of halogens is 1. The van der Waals surface area contributed by atoms with E-state index < -0.39 is 12.1 Å². The average Bonchev–Trinajstić information content (AvgIpc) is 2.78. The molecule has 0 radical (unpaired) electrons. The summed E-state index contributed by atoms with van der Waals surface area (Å²) in [5.41, 5.74) is 0.396. The van der Waals surface area contributed by atoms with Gasteiger partial charge >= 0.3 is 5.97 Å². The molecule has 19 heavy (non-hydrogen) atoms. The molecule has 6 heteroatoms. The van der Waals surface area contributed by atoms with Crippen LogP contribution in [0.5, 0.6) is 0 Å². The van der Waals surface area contributed by atoms with Crippen molar-refractivity contribution >= 4 is 40.2 Å². The van der Waals surface area contributed by atoms with Crippen LogP contribution in [0.2, 0.25) is 0 Å². The lowest BCUT2D eigenvalue weighted by molar-refractivity contribution is -0.126. The van der Waals surface area contributed by atoms with E-state index >= 15 is 0 Å². The molecule has 2 atom stereocenters. The highest BCUT2D eigenvalue weighted by molar-refractivity contribution is 14.1. The summed E-state index contributed by atoms with van der Waals surface area (Å²) in [6.45, 7) is 1.92. The Labute approximate surface area is 124 Å². The van der Waals surface area contributed by atoms with Crippen molar-refractivity contribution in [3.8, 4) is 0 Å². The van der Waals surface area contributed by atoms with Crippen molar-refractivity contribution in [3.63, 3.8) is 0 Å². The molecule has 2 N–H and O–H groups in total. The van der Waals surface area contributed by atoms with Gasteiger partial charge in [-0.05, 0) is 60.6 Å². The molecule has 1 aromatic rings. The minimum absolute atomic E-state index is 0.0754. The van der Waals surface area contributed by atoms with Crippen molar-refractivity contribution in [2.24, 2.45) is 0 Å². The lowest BCUT2D eigenvalue weighted by Crippen LogP contribution is -2.28. The van der Waals surface area contributed by atoms with Gasteiger partial charge in [0.2, 0.25) is 0 Å². The van der Waals surface area contributed by atoms with E-state index in [1.807, 2.05) is 29.5 Å². The van der Waals surface area contributed by atoms with Crippen molar-refractivity contribution < 1.29 is 19.4 Å². The first-order valence-electron chi connectivity index (χ1n) is 5.96. The van der Waals surface area contributed by atoms with Crippen LogP contribution in [-0.2, 0) is 9.53 Å². The highest BCUT2D eigenvalue weighted by Crippen LogP contribution is 2.23. The largest absolute Gasteiger partial charge is 0.478 e. The van der Waals surface area contributed by atoms with Gasteiger partial charge in [-0.1, -0.05) is 0 Å². The van der Waals surface area contributed by atoms with E-state index in [-0.39, 0.29) is 17.6 Å². The maximum absolute atomic E-state index is 12.0. The maximum atomic E-state index is 12.0. The highest BCUT2D eigenvalue weighted by atomic mass is 127. The average molecular weight is 375 g/mol. The smallest absolute Gasteiger partial charge is 0.337 e. The van der Waals surface area contributed by atoms with Gasteiger partial charge in [0.1, 0.15) is 6.10 Å². The fraction of sp³-hybridized carbons (Fsp3) is 0.385. The molecule has 0 aromatic heterocycles. The second kappa shape index (κ2) is 5.87. The Hall–Kier alpha value is -1.15. The molecule has 102 valence electrons. The topological polar surface area (TPSA) is 75.6 Å². The zero-order valence-corrected chi connectivity index (χ0v) is 12.5. The van der Waals surface area contributed by atoms with Crippen LogP contribution in [-0.4, -0.2) is 29.2 Å². The first-order valence-corrected chi connectivity index (χ1v) is 7.04. The molecule has 1 aromatic carbocycles. The number of benzene rings is 1. The Balaban J connectivity index is 2.14. The number of anilines is 1. The third kappa shape index (κ3) is 3.44. The van der Waals surface area contributed by atoms with Crippen LogP contribution in [0.4, 0.5) is 5.69 Å². The molecular weight excluding hydrogens is 361 g/mol. The minimum Gasteiger partial charge on any atom is -0.478 e. The number of carbonyl (C=O) groups is 2. The Morgan fingerprint density at radius 2 is 2.16 bits per heavy atom. The molecule has 0 spiro atoms.